The van der Waals surface area contributed by atoms with Gasteiger partial charge < -0.3 is 5.11 Å². The second-order valence-corrected chi connectivity index (χ2v) is 3.94. The number of aryl methyl sites for hydroxylation is 1. The zero-order valence-corrected chi connectivity index (χ0v) is 7.60. The fourth-order valence-corrected chi connectivity index (χ4v) is 1.66. The van der Waals surface area contributed by atoms with Gasteiger partial charge in [0.25, 0.3) is 0 Å². The Morgan fingerprint density at radius 1 is 1.64 bits per heavy atom. The van der Waals surface area contributed by atoms with Crippen LogP contribution in [0.15, 0.2) is 17.5 Å². The Kier molecular flexibility index (Phi) is 3.60. The van der Waals surface area contributed by atoms with Crippen LogP contribution in [0.5, 0.6) is 0 Å². The predicted molar refractivity (Wildman–Crippen MR) is 48.9 cm³/mol. The molecule has 1 atom stereocenters. The summed E-state index contributed by atoms with van der Waals surface area (Å²) in [6.07, 6.45) is 2.20. The van der Waals surface area contributed by atoms with Crippen molar-refractivity contribution in [3.8, 4) is 0 Å². The van der Waals surface area contributed by atoms with Gasteiger partial charge in [0, 0.05) is 11.5 Å². The summed E-state index contributed by atoms with van der Waals surface area (Å²) in [6, 6.07) is 4.22. The molecule has 0 aliphatic carbocycles. The second kappa shape index (κ2) is 4.52. The first-order valence-electron chi connectivity index (χ1n) is 3.96. The molecule has 0 radical (unpaired) electrons. The van der Waals surface area contributed by atoms with E-state index in [4.69, 9.17) is 5.11 Å². The zero-order valence-electron chi connectivity index (χ0n) is 6.79. The number of aliphatic hydroxyl groups excluding tert-OH is 1. The van der Waals surface area contributed by atoms with Crippen LogP contribution < -0.4 is 0 Å². The van der Waals surface area contributed by atoms with Gasteiger partial charge in [-0.25, -0.2) is 0 Å². The number of hydrogen-bond donors (Lipinski definition) is 1. The maximum Gasteiger partial charge on any atom is 0.0456 e. The topological polar surface area (TPSA) is 20.2 Å². The molecule has 1 aromatic rings. The van der Waals surface area contributed by atoms with Gasteiger partial charge in [-0.15, -0.1) is 11.3 Å². The highest BCUT2D eigenvalue weighted by molar-refractivity contribution is 7.09. The van der Waals surface area contributed by atoms with Crippen molar-refractivity contribution in [3.63, 3.8) is 0 Å². The first-order valence-corrected chi connectivity index (χ1v) is 4.84. The van der Waals surface area contributed by atoms with Crippen LogP contribution in [-0.4, -0.2) is 11.7 Å². The van der Waals surface area contributed by atoms with Crippen LogP contribution in [0.2, 0.25) is 0 Å². The SMILES string of the molecule is C[C@@H](CO)CCc1cccs1. The average Bonchev–Trinajstić information content (AvgIpc) is 2.52. The molecule has 0 aliphatic rings. The standard InChI is InChI=1S/C9H14OS/c1-8(7-10)4-5-9-3-2-6-11-9/h2-3,6,8,10H,4-5,7H2,1H3/t8-/m1/s1. The molecule has 1 heterocycles. The van der Waals surface area contributed by atoms with E-state index in [-0.39, 0.29) is 0 Å². The minimum Gasteiger partial charge on any atom is -0.396 e. The fourth-order valence-electron chi connectivity index (χ4n) is 0.935. The third kappa shape index (κ3) is 3.04. The summed E-state index contributed by atoms with van der Waals surface area (Å²) in [5.41, 5.74) is 0. The van der Waals surface area contributed by atoms with Gasteiger partial charge >= 0.3 is 0 Å². The molecule has 1 N–H and O–H groups in total. The third-order valence-corrected chi connectivity index (χ3v) is 2.71. The van der Waals surface area contributed by atoms with Crippen LogP contribution in [-0.2, 0) is 6.42 Å². The van der Waals surface area contributed by atoms with Gasteiger partial charge in [0.05, 0.1) is 0 Å². The van der Waals surface area contributed by atoms with E-state index in [0.717, 1.165) is 12.8 Å². The van der Waals surface area contributed by atoms with Crippen LogP contribution >= 0.6 is 11.3 Å². The van der Waals surface area contributed by atoms with Crippen LogP contribution in [0, 0.1) is 5.92 Å². The summed E-state index contributed by atoms with van der Waals surface area (Å²) < 4.78 is 0. The van der Waals surface area contributed by atoms with E-state index in [1.54, 1.807) is 11.3 Å². The van der Waals surface area contributed by atoms with Crippen molar-refractivity contribution in [2.75, 3.05) is 6.61 Å². The highest BCUT2D eigenvalue weighted by Gasteiger charge is 2.00. The number of rotatable bonds is 4. The van der Waals surface area contributed by atoms with E-state index in [0.29, 0.717) is 12.5 Å². The molecule has 0 saturated heterocycles. The monoisotopic (exact) mass is 170 g/mol. The Morgan fingerprint density at radius 3 is 3.00 bits per heavy atom. The van der Waals surface area contributed by atoms with Crippen LogP contribution in [0.1, 0.15) is 18.2 Å². The molecular weight excluding hydrogens is 156 g/mol. The summed E-state index contributed by atoms with van der Waals surface area (Å²) in [6.45, 7) is 2.39. The lowest BCUT2D eigenvalue weighted by atomic mass is 10.1. The molecule has 0 aliphatic heterocycles. The highest BCUT2D eigenvalue weighted by atomic mass is 32.1. The first-order chi connectivity index (χ1) is 5.33. The Morgan fingerprint density at radius 2 is 2.45 bits per heavy atom. The summed E-state index contributed by atoms with van der Waals surface area (Å²) in [7, 11) is 0. The highest BCUT2D eigenvalue weighted by Crippen LogP contribution is 2.13. The number of thiophene rings is 1. The minimum absolute atomic E-state index is 0.311. The van der Waals surface area contributed by atoms with Gasteiger partial charge in [-0.2, -0.15) is 0 Å². The van der Waals surface area contributed by atoms with Crippen molar-refractivity contribution >= 4 is 11.3 Å². The molecular formula is C9H14OS. The third-order valence-electron chi connectivity index (χ3n) is 1.78. The van der Waals surface area contributed by atoms with Crippen molar-refractivity contribution in [1.29, 1.82) is 0 Å². The fraction of sp³-hybridized carbons (Fsp3) is 0.556. The van der Waals surface area contributed by atoms with E-state index in [9.17, 15) is 0 Å². The van der Waals surface area contributed by atoms with E-state index >= 15 is 0 Å². The first kappa shape index (κ1) is 8.75. The maximum absolute atomic E-state index is 8.77. The molecule has 0 fully saturated rings. The van der Waals surface area contributed by atoms with Gasteiger partial charge in [0.2, 0.25) is 0 Å². The molecule has 0 amide bonds. The molecule has 11 heavy (non-hydrogen) atoms. The summed E-state index contributed by atoms with van der Waals surface area (Å²) in [5, 5.41) is 10.9. The van der Waals surface area contributed by atoms with Gasteiger partial charge in [0.15, 0.2) is 0 Å². The van der Waals surface area contributed by atoms with Crippen LogP contribution in [0.4, 0.5) is 0 Å². The maximum atomic E-state index is 8.77. The molecule has 0 bridgehead atoms. The van der Waals surface area contributed by atoms with Crippen molar-refractivity contribution in [1.82, 2.24) is 0 Å². The van der Waals surface area contributed by atoms with Gasteiger partial charge in [-0.3, -0.25) is 0 Å². The molecule has 62 valence electrons. The lowest BCUT2D eigenvalue weighted by molar-refractivity contribution is 0.231. The summed E-state index contributed by atoms with van der Waals surface area (Å²) in [4.78, 5) is 1.42. The minimum atomic E-state index is 0.311. The molecule has 1 nitrogen and oxygen atoms in total. The quantitative estimate of drug-likeness (QED) is 0.735. The number of hydrogen-bond acceptors (Lipinski definition) is 2. The van der Waals surface area contributed by atoms with Gasteiger partial charge in [-0.1, -0.05) is 13.0 Å². The smallest absolute Gasteiger partial charge is 0.0456 e. The molecule has 0 spiro atoms. The summed E-state index contributed by atoms with van der Waals surface area (Å²) in [5.74, 6) is 0.442. The van der Waals surface area contributed by atoms with E-state index in [1.807, 2.05) is 0 Å². The molecule has 0 unspecified atom stereocenters. The second-order valence-electron chi connectivity index (χ2n) is 2.91. The number of aliphatic hydroxyl groups is 1. The van der Waals surface area contributed by atoms with Gasteiger partial charge in [-0.05, 0) is 30.2 Å². The average molecular weight is 170 g/mol. The Hall–Kier alpha value is -0.340. The molecule has 0 aromatic carbocycles. The zero-order chi connectivity index (χ0) is 8.10. The van der Waals surface area contributed by atoms with Crippen molar-refractivity contribution in [2.24, 2.45) is 5.92 Å². The van der Waals surface area contributed by atoms with E-state index in [2.05, 4.69) is 24.4 Å². The predicted octanol–water partition coefficient (Wildman–Crippen LogP) is 2.31. The van der Waals surface area contributed by atoms with Crippen molar-refractivity contribution in [2.45, 2.75) is 19.8 Å². The van der Waals surface area contributed by atoms with E-state index < -0.39 is 0 Å². The molecule has 0 saturated carbocycles. The largest absolute Gasteiger partial charge is 0.396 e. The molecule has 1 aromatic heterocycles. The lowest BCUT2D eigenvalue weighted by Gasteiger charge is -2.04. The molecule has 1 rings (SSSR count). The Labute approximate surface area is 71.7 Å². The van der Waals surface area contributed by atoms with Crippen molar-refractivity contribution in [3.05, 3.63) is 22.4 Å². The van der Waals surface area contributed by atoms with E-state index in [1.165, 1.54) is 4.88 Å². The van der Waals surface area contributed by atoms with Crippen LogP contribution in [0.3, 0.4) is 0 Å². The van der Waals surface area contributed by atoms with Gasteiger partial charge in [0.1, 0.15) is 0 Å². The normalized spacial score (nSPS) is 13.3. The molecule has 2 heteroatoms. The van der Waals surface area contributed by atoms with Crippen molar-refractivity contribution < 1.29 is 5.11 Å². The Balaban J connectivity index is 2.23. The lowest BCUT2D eigenvalue weighted by Crippen LogP contribution is -2.01. The Bertz CT molecular complexity index is 181. The van der Waals surface area contributed by atoms with Crippen LogP contribution in [0.25, 0.3) is 0 Å². The summed E-state index contributed by atoms with van der Waals surface area (Å²) >= 11 is 1.79.